The van der Waals surface area contributed by atoms with Gasteiger partial charge in [-0.25, -0.2) is 9.97 Å². The molecule has 3 nitrogen and oxygen atoms in total. The summed E-state index contributed by atoms with van der Waals surface area (Å²) in [6.45, 7) is 0. The van der Waals surface area contributed by atoms with Crippen LogP contribution in [-0.2, 0) is 0 Å². The minimum absolute atomic E-state index is 0.715. The lowest BCUT2D eigenvalue weighted by Gasteiger charge is -2.00. The molecule has 0 radical (unpaired) electrons. The summed E-state index contributed by atoms with van der Waals surface area (Å²) in [5.41, 5.74) is 1.99. The van der Waals surface area contributed by atoms with Crippen molar-refractivity contribution >= 4 is 33.0 Å². The first-order chi connectivity index (χ1) is 8.25. The lowest BCUT2D eigenvalue weighted by molar-refractivity contribution is 1.08. The quantitative estimate of drug-likeness (QED) is 0.684. The van der Waals surface area contributed by atoms with Gasteiger partial charge in [0.25, 0.3) is 0 Å². The van der Waals surface area contributed by atoms with Gasteiger partial charge in [0.1, 0.15) is 16.8 Å². The zero-order valence-corrected chi connectivity index (χ0v) is 11.0. The number of aromatic nitrogens is 3. The van der Waals surface area contributed by atoms with Crippen molar-refractivity contribution in [1.29, 1.82) is 0 Å². The molecular formula is C12H7BrClN3. The highest BCUT2D eigenvalue weighted by atomic mass is 79.9. The van der Waals surface area contributed by atoms with Gasteiger partial charge in [-0.05, 0) is 46.3 Å². The molecule has 3 aromatic rings. The summed E-state index contributed by atoms with van der Waals surface area (Å²) in [5, 5.41) is 0.715. The Morgan fingerprint density at radius 3 is 2.65 bits per heavy atom. The molecule has 17 heavy (non-hydrogen) atoms. The van der Waals surface area contributed by atoms with Gasteiger partial charge in [-0.1, -0.05) is 11.6 Å². The van der Waals surface area contributed by atoms with Gasteiger partial charge in [0, 0.05) is 16.8 Å². The van der Waals surface area contributed by atoms with E-state index >= 15 is 0 Å². The minimum Gasteiger partial charge on any atom is -0.282 e. The number of halogens is 2. The molecule has 3 rings (SSSR count). The van der Waals surface area contributed by atoms with Crippen LogP contribution in [-0.4, -0.2) is 14.4 Å². The molecule has 0 N–H and O–H groups in total. The van der Waals surface area contributed by atoms with Gasteiger partial charge in [0.15, 0.2) is 0 Å². The number of nitrogens with zero attached hydrogens (tertiary/aromatic N) is 3. The molecule has 84 valence electrons. The Balaban J connectivity index is 2.27. The molecule has 2 aromatic heterocycles. The first-order valence-electron chi connectivity index (χ1n) is 4.99. The average Bonchev–Trinajstić information content (AvgIpc) is 2.69. The molecule has 0 spiro atoms. The highest BCUT2D eigenvalue weighted by molar-refractivity contribution is 9.10. The molecule has 0 aliphatic heterocycles. The largest absolute Gasteiger partial charge is 0.282 e. The van der Waals surface area contributed by atoms with Crippen molar-refractivity contribution in [2.75, 3.05) is 0 Å². The third-order valence-corrected chi connectivity index (χ3v) is 3.34. The van der Waals surface area contributed by atoms with Crippen LogP contribution < -0.4 is 0 Å². The zero-order valence-electron chi connectivity index (χ0n) is 8.64. The van der Waals surface area contributed by atoms with Crippen molar-refractivity contribution < 1.29 is 0 Å². The smallest absolute Gasteiger partial charge is 0.147 e. The highest BCUT2D eigenvalue weighted by Crippen LogP contribution is 2.26. The van der Waals surface area contributed by atoms with Crippen molar-refractivity contribution in [3.8, 4) is 11.4 Å². The normalized spacial score (nSPS) is 10.9. The van der Waals surface area contributed by atoms with E-state index in [-0.39, 0.29) is 0 Å². The second-order valence-electron chi connectivity index (χ2n) is 3.57. The molecule has 5 heteroatoms. The SMILES string of the molecule is Clc1ccc(-c2nc(Br)c3ccncn23)cc1. The van der Waals surface area contributed by atoms with E-state index in [9.17, 15) is 0 Å². The van der Waals surface area contributed by atoms with Crippen LogP contribution in [0.15, 0.2) is 47.5 Å². The third kappa shape index (κ3) is 1.83. The van der Waals surface area contributed by atoms with E-state index in [2.05, 4.69) is 25.9 Å². The lowest BCUT2D eigenvalue weighted by atomic mass is 10.2. The maximum absolute atomic E-state index is 5.87. The molecule has 0 fully saturated rings. The summed E-state index contributed by atoms with van der Waals surface area (Å²) < 4.78 is 2.75. The van der Waals surface area contributed by atoms with Gasteiger partial charge in [-0.2, -0.15) is 0 Å². The Morgan fingerprint density at radius 2 is 1.88 bits per heavy atom. The molecular weight excluding hydrogens is 302 g/mol. The van der Waals surface area contributed by atoms with E-state index < -0.39 is 0 Å². The van der Waals surface area contributed by atoms with Crippen LogP contribution in [0.1, 0.15) is 0 Å². The van der Waals surface area contributed by atoms with E-state index in [1.54, 1.807) is 12.5 Å². The molecule has 0 atom stereocenters. The lowest BCUT2D eigenvalue weighted by Crippen LogP contribution is -1.89. The summed E-state index contributed by atoms with van der Waals surface area (Å²) in [5.74, 6) is 0.844. The Labute approximate surface area is 111 Å². The van der Waals surface area contributed by atoms with Crippen molar-refractivity contribution in [1.82, 2.24) is 14.4 Å². The average molecular weight is 309 g/mol. The van der Waals surface area contributed by atoms with Gasteiger partial charge in [0.05, 0.1) is 5.52 Å². The van der Waals surface area contributed by atoms with Gasteiger partial charge in [0.2, 0.25) is 0 Å². The van der Waals surface area contributed by atoms with Gasteiger partial charge in [-0.15, -0.1) is 0 Å². The molecule has 0 unspecified atom stereocenters. The third-order valence-electron chi connectivity index (χ3n) is 2.51. The number of fused-ring (bicyclic) bond motifs is 1. The summed E-state index contributed by atoms with van der Waals surface area (Å²) in [6, 6.07) is 9.49. The monoisotopic (exact) mass is 307 g/mol. The second kappa shape index (κ2) is 4.13. The topological polar surface area (TPSA) is 30.2 Å². The Hall–Kier alpha value is -1.39. The number of hydrogen-bond acceptors (Lipinski definition) is 2. The summed E-state index contributed by atoms with van der Waals surface area (Å²) in [4.78, 5) is 8.59. The van der Waals surface area contributed by atoms with E-state index in [4.69, 9.17) is 11.6 Å². The van der Waals surface area contributed by atoms with E-state index in [0.29, 0.717) is 5.02 Å². The van der Waals surface area contributed by atoms with Crippen molar-refractivity contribution in [3.05, 3.63) is 52.5 Å². The molecule has 0 bridgehead atoms. The fourth-order valence-corrected chi connectivity index (χ4v) is 2.32. The number of imidazole rings is 1. The predicted octanol–water partition coefficient (Wildman–Crippen LogP) is 3.81. The Kier molecular flexibility index (Phi) is 2.61. The maximum Gasteiger partial charge on any atom is 0.147 e. The number of hydrogen-bond donors (Lipinski definition) is 0. The van der Waals surface area contributed by atoms with Gasteiger partial charge >= 0.3 is 0 Å². The zero-order chi connectivity index (χ0) is 11.8. The predicted molar refractivity (Wildman–Crippen MR) is 71.1 cm³/mol. The van der Waals surface area contributed by atoms with Crippen LogP contribution in [0.4, 0.5) is 0 Å². The molecule has 1 aromatic carbocycles. The fourth-order valence-electron chi connectivity index (χ4n) is 1.70. The Morgan fingerprint density at radius 1 is 1.12 bits per heavy atom. The molecule has 0 aliphatic rings. The first kappa shape index (κ1) is 10.7. The van der Waals surface area contributed by atoms with Gasteiger partial charge < -0.3 is 0 Å². The van der Waals surface area contributed by atoms with Crippen LogP contribution in [0.2, 0.25) is 5.02 Å². The Bertz CT molecular complexity index is 676. The van der Waals surface area contributed by atoms with Gasteiger partial charge in [-0.3, -0.25) is 4.40 Å². The van der Waals surface area contributed by atoms with Crippen molar-refractivity contribution in [3.63, 3.8) is 0 Å². The van der Waals surface area contributed by atoms with Crippen LogP contribution in [0.25, 0.3) is 16.9 Å². The minimum atomic E-state index is 0.715. The first-order valence-corrected chi connectivity index (χ1v) is 6.16. The van der Waals surface area contributed by atoms with Crippen molar-refractivity contribution in [2.24, 2.45) is 0 Å². The van der Waals surface area contributed by atoms with Crippen LogP contribution in [0.3, 0.4) is 0 Å². The van der Waals surface area contributed by atoms with E-state index in [1.165, 1.54) is 0 Å². The maximum atomic E-state index is 5.87. The molecule has 2 heterocycles. The number of benzene rings is 1. The fraction of sp³-hybridized carbons (Fsp3) is 0. The number of rotatable bonds is 1. The summed E-state index contributed by atoms with van der Waals surface area (Å²) in [7, 11) is 0. The van der Waals surface area contributed by atoms with Crippen LogP contribution in [0, 0.1) is 0 Å². The highest BCUT2D eigenvalue weighted by Gasteiger charge is 2.10. The summed E-state index contributed by atoms with van der Waals surface area (Å²) in [6.07, 6.45) is 3.49. The second-order valence-corrected chi connectivity index (χ2v) is 4.76. The van der Waals surface area contributed by atoms with Crippen LogP contribution in [0.5, 0.6) is 0 Å². The molecule has 0 amide bonds. The molecule has 0 aliphatic carbocycles. The van der Waals surface area contributed by atoms with E-state index in [1.807, 2.05) is 34.7 Å². The molecule has 0 saturated heterocycles. The van der Waals surface area contributed by atoms with Crippen molar-refractivity contribution in [2.45, 2.75) is 0 Å². The standard InChI is InChI=1S/C12H7BrClN3/c13-11-10-5-6-15-7-17(10)12(16-11)8-1-3-9(14)4-2-8/h1-7H. The summed E-state index contributed by atoms with van der Waals surface area (Å²) >= 11 is 9.32. The van der Waals surface area contributed by atoms with E-state index in [0.717, 1.165) is 21.5 Å². The van der Waals surface area contributed by atoms with Crippen LogP contribution >= 0.6 is 27.5 Å². The molecule has 0 saturated carbocycles.